The number of thiazole rings is 1. The number of carbonyl (C=O) groups is 1. The average molecular weight is 548 g/mol. The predicted molar refractivity (Wildman–Crippen MR) is 136 cm³/mol. The number of benzene rings is 2. The molecule has 0 unspecified atom stereocenters. The highest BCUT2D eigenvalue weighted by atomic mass is 32.1. The van der Waals surface area contributed by atoms with Crippen molar-refractivity contribution in [1.29, 1.82) is 0 Å². The number of ether oxygens (including phenoxy) is 1. The van der Waals surface area contributed by atoms with Crippen molar-refractivity contribution in [2.75, 3.05) is 36.4 Å². The molecule has 0 spiro atoms. The molecule has 2 aliphatic rings. The second-order valence-corrected chi connectivity index (χ2v) is 10.2. The number of carbonyl (C=O) groups excluding carboxylic acids is 1. The van der Waals surface area contributed by atoms with E-state index in [-0.39, 0.29) is 22.1 Å². The maximum absolute atomic E-state index is 15.2. The molecule has 1 aliphatic carbocycles. The lowest BCUT2D eigenvalue weighted by Crippen LogP contribution is -2.43. The first-order valence-electron chi connectivity index (χ1n) is 12.0. The quantitative estimate of drug-likeness (QED) is 0.354. The summed E-state index contributed by atoms with van der Waals surface area (Å²) in [5.74, 6) is -1.67. The van der Waals surface area contributed by atoms with Gasteiger partial charge < -0.3 is 19.5 Å². The molecule has 4 aromatic rings. The molecule has 0 atom stereocenters. The van der Waals surface area contributed by atoms with Gasteiger partial charge in [-0.15, -0.1) is 13.2 Å². The van der Waals surface area contributed by atoms with Crippen LogP contribution >= 0.6 is 11.3 Å². The summed E-state index contributed by atoms with van der Waals surface area (Å²) in [6.07, 6.45) is -1.59. The summed E-state index contributed by atoms with van der Waals surface area (Å²) in [6.45, 7) is 2.74. The molecular weight excluding hydrogens is 526 g/mol. The van der Waals surface area contributed by atoms with Crippen molar-refractivity contribution in [2.45, 2.75) is 25.2 Å². The highest BCUT2D eigenvalue weighted by molar-refractivity contribution is 7.22. The number of halogens is 4. The number of nitrogens with zero attached hydrogens (tertiary/aromatic N) is 3. The SMILES string of the molecule is O=C(Nc1nc2ccc(OC(F)(F)F)cc2s1)c1cn(C2CC2)c2cc(N3CCNCC3)c(F)cc2c1=O. The largest absolute Gasteiger partial charge is 0.573 e. The normalized spacial score (nSPS) is 16.3. The Kier molecular flexibility index (Phi) is 5.99. The molecule has 0 radical (unpaired) electrons. The zero-order chi connectivity index (χ0) is 26.6. The van der Waals surface area contributed by atoms with Crippen molar-refractivity contribution < 1.29 is 27.1 Å². The molecule has 198 valence electrons. The first-order valence-corrected chi connectivity index (χ1v) is 12.8. The summed E-state index contributed by atoms with van der Waals surface area (Å²) in [7, 11) is 0. The fourth-order valence-electron chi connectivity index (χ4n) is 4.64. The molecule has 8 nitrogen and oxygen atoms in total. The molecule has 2 aromatic heterocycles. The van der Waals surface area contributed by atoms with Gasteiger partial charge >= 0.3 is 6.36 Å². The van der Waals surface area contributed by atoms with Crippen LogP contribution in [0.4, 0.5) is 28.4 Å². The molecule has 6 rings (SSSR count). The Bertz CT molecular complexity index is 1620. The Morgan fingerprint density at radius 3 is 2.63 bits per heavy atom. The van der Waals surface area contributed by atoms with Gasteiger partial charge in [-0.2, -0.15) is 0 Å². The summed E-state index contributed by atoms with van der Waals surface area (Å²) in [4.78, 5) is 32.7. The van der Waals surface area contributed by atoms with Gasteiger partial charge in [-0.3, -0.25) is 14.9 Å². The standard InChI is InChI=1S/C25H21F4N5O3S/c26-17-10-15-19(11-20(17)33-7-5-30-6-8-33)34(13-1-2-13)12-16(22(15)35)23(36)32-24-31-18-4-3-14(9-21(18)38-24)37-25(27,28)29/h3-4,9-13,30H,1-2,5-8H2,(H,31,32,36). The lowest BCUT2D eigenvalue weighted by molar-refractivity contribution is -0.274. The van der Waals surface area contributed by atoms with E-state index >= 15 is 4.39 Å². The number of amides is 1. The third-order valence-electron chi connectivity index (χ3n) is 6.56. The summed E-state index contributed by atoms with van der Waals surface area (Å²) in [5.41, 5.74) is 0.576. The summed E-state index contributed by atoms with van der Waals surface area (Å²) in [5, 5.41) is 6.01. The van der Waals surface area contributed by atoms with Gasteiger partial charge in [0.05, 0.1) is 21.4 Å². The van der Waals surface area contributed by atoms with Crippen LogP contribution in [0.2, 0.25) is 0 Å². The van der Waals surface area contributed by atoms with E-state index in [1.165, 1.54) is 24.4 Å². The van der Waals surface area contributed by atoms with E-state index in [2.05, 4.69) is 20.4 Å². The number of pyridine rings is 1. The van der Waals surface area contributed by atoms with Gasteiger partial charge in [0.2, 0.25) is 5.43 Å². The van der Waals surface area contributed by atoms with E-state index in [9.17, 15) is 22.8 Å². The number of nitrogens with one attached hydrogen (secondary N) is 2. The van der Waals surface area contributed by atoms with Crippen LogP contribution in [0.3, 0.4) is 0 Å². The summed E-state index contributed by atoms with van der Waals surface area (Å²) >= 11 is 0.943. The number of aromatic nitrogens is 2. The Hall–Kier alpha value is -3.71. The Labute approximate surface area is 216 Å². The van der Waals surface area contributed by atoms with Crippen LogP contribution in [0.25, 0.3) is 21.1 Å². The molecule has 1 saturated heterocycles. The average Bonchev–Trinajstić information content (AvgIpc) is 3.63. The monoisotopic (exact) mass is 547 g/mol. The minimum atomic E-state index is -4.84. The third-order valence-corrected chi connectivity index (χ3v) is 7.49. The molecule has 3 heterocycles. The number of rotatable bonds is 5. The van der Waals surface area contributed by atoms with Crippen molar-refractivity contribution in [3.63, 3.8) is 0 Å². The van der Waals surface area contributed by atoms with Gasteiger partial charge in [-0.05, 0) is 37.1 Å². The van der Waals surface area contributed by atoms with Crippen LogP contribution in [0.1, 0.15) is 29.2 Å². The molecule has 1 saturated carbocycles. The number of piperazine rings is 1. The smallest absolute Gasteiger partial charge is 0.406 e. The first-order chi connectivity index (χ1) is 18.2. The van der Waals surface area contributed by atoms with Crippen LogP contribution in [-0.4, -0.2) is 48.0 Å². The predicted octanol–water partition coefficient (Wildman–Crippen LogP) is 4.65. The maximum atomic E-state index is 15.2. The minimum Gasteiger partial charge on any atom is -0.406 e. The number of hydrogen-bond donors (Lipinski definition) is 2. The number of fused-ring (bicyclic) bond motifs is 2. The van der Waals surface area contributed by atoms with Gasteiger partial charge in [-0.1, -0.05) is 11.3 Å². The minimum absolute atomic E-state index is 0.0977. The summed E-state index contributed by atoms with van der Waals surface area (Å²) < 4.78 is 58.9. The molecule has 2 N–H and O–H groups in total. The lowest BCUT2D eigenvalue weighted by Gasteiger charge is -2.30. The fourth-order valence-corrected chi connectivity index (χ4v) is 5.53. The summed E-state index contributed by atoms with van der Waals surface area (Å²) in [6, 6.07) is 6.63. The highest BCUT2D eigenvalue weighted by Gasteiger charge is 2.31. The van der Waals surface area contributed by atoms with Crippen LogP contribution in [0, 0.1) is 5.82 Å². The second kappa shape index (κ2) is 9.24. The van der Waals surface area contributed by atoms with Gasteiger partial charge in [-0.25, -0.2) is 9.37 Å². The first kappa shape index (κ1) is 24.6. The van der Waals surface area contributed by atoms with Crippen molar-refractivity contribution in [3.8, 4) is 5.75 Å². The topological polar surface area (TPSA) is 88.5 Å². The molecule has 13 heteroatoms. The highest BCUT2D eigenvalue weighted by Crippen LogP contribution is 2.38. The van der Waals surface area contributed by atoms with Crippen LogP contribution < -0.4 is 25.7 Å². The van der Waals surface area contributed by atoms with Gasteiger partial charge in [0.1, 0.15) is 17.1 Å². The van der Waals surface area contributed by atoms with Gasteiger partial charge in [0, 0.05) is 49.9 Å². The number of alkyl halides is 3. The molecule has 1 amide bonds. The van der Waals surface area contributed by atoms with Crippen molar-refractivity contribution in [3.05, 3.63) is 58.1 Å². The van der Waals surface area contributed by atoms with Crippen LogP contribution in [-0.2, 0) is 0 Å². The van der Waals surface area contributed by atoms with E-state index in [0.717, 1.165) is 43.3 Å². The molecular formula is C25H21F4N5O3S. The zero-order valence-corrected chi connectivity index (χ0v) is 20.6. The Morgan fingerprint density at radius 1 is 1.16 bits per heavy atom. The molecule has 1 aliphatic heterocycles. The van der Waals surface area contributed by atoms with Gasteiger partial charge in [0.25, 0.3) is 5.91 Å². The number of anilines is 2. The molecule has 0 bridgehead atoms. The van der Waals surface area contributed by atoms with Gasteiger partial charge in [0.15, 0.2) is 5.13 Å². The molecule has 2 fully saturated rings. The maximum Gasteiger partial charge on any atom is 0.573 e. The van der Waals surface area contributed by atoms with Crippen LogP contribution in [0.15, 0.2) is 41.3 Å². The fraction of sp³-hybridized carbons (Fsp3) is 0.320. The number of hydrogen-bond acceptors (Lipinski definition) is 7. The van der Waals surface area contributed by atoms with E-state index < -0.39 is 29.3 Å². The lowest BCUT2D eigenvalue weighted by atomic mass is 10.1. The Morgan fingerprint density at radius 2 is 1.92 bits per heavy atom. The van der Waals surface area contributed by atoms with E-state index in [1.807, 2.05) is 9.47 Å². The van der Waals surface area contributed by atoms with Crippen molar-refractivity contribution >= 4 is 49.2 Å². The molecule has 2 aromatic carbocycles. The van der Waals surface area contributed by atoms with E-state index in [1.54, 1.807) is 6.07 Å². The molecule has 38 heavy (non-hydrogen) atoms. The van der Waals surface area contributed by atoms with E-state index in [0.29, 0.717) is 34.5 Å². The van der Waals surface area contributed by atoms with Crippen molar-refractivity contribution in [2.24, 2.45) is 0 Å². The van der Waals surface area contributed by atoms with E-state index in [4.69, 9.17) is 0 Å². The zero-order valence-electron chi connectivity index (χ0n) is 19.8. The van der Waals surface area contributed by atoms with Crippen molar-refractivity contribution in [1.82, 2.24) is 14.9 Å². The third kappa shape index (κ3) is 4.78. The Balaban J connectivity index is 1.34. The van der Waals surface area contributed by atoms with Crippen LogP contribution in [0.5, 0.6) is 5.75 Å². The second-order valence-electron chi connectivity index (χ2n) is 9.22.